The Morgan fingerprint density at radius 3 is 1.81 bits per heavy atom. The van der Waals surface area contributed by atoms with Crippen LogP contribution in [0.1, 0.15) is 17.2 Å². The summed E-state index contributed by atoms with van der Waals surface area (Å²) in [6.07, 6.45) is -0.897. The molecule has 0 amide bonds. The van der Waals surface area contributed by atoms with Crippen LogP contribution in [-0.2, 0) is 0 Å². The predicted molar refractivity (Wildman–Crippen MR) is 108 cm³/mol. The molecule has 6 heteroatoms. The number of benzene rings is 3. The number of aliphatic hydroxyl groups is 1. The molecule has 0 aliphatic carbocycles. The molecule has 3 rings (SSSR count). The highest BCUT2D eigenvalue weighted by Gasteiger charge is 2.21. The molecule has 0 aliphatic rings. The summed E-state index contributed by atoms with van der Waals surface area (Å²) in [7, 11) is 6.38. The van der Waals surface area contributed by atoms with E-state index in [9.17, 15) is 5.11 Å². The van der Waals surface area contributed by atoms with Gasteiger partial charge in [0.1, 0.15) is 29.1 Å². The average Bonchev–Trinajstić information content (AvgIpc) is 2.72. The summed E-state index contributed by atoms with van der Waals surface area (Å²) < 4.78 is 22.5. The van der Waals surface area contributed by atoms with Crippen LogP contribution in [0, 0.1) is 0 Å². The van der Waals surface area contributed by atoms with Gasteiger partial charge in [-0.05, 0) is 41.5 Å². The van der Waals surface area contributed by atoms with Crippen molar-refractivity contribution in [1.82, 2.24) is 0 Å². The van der Waals surface area contributed by atoms with Gasteiger partial charge < -0.3 is 24.1 Å². The van der Waals surface area contributed by atoms with E-state index in [1.54, 1.807) is 46.6 Å². The van der Waals surface area contributed by atoms with Crippen molar-refractivity contribution < 1.29 is 24.1 Å². The number of hydrogen-bond acceptors (Lipinski definition) is 5. The first-order chi connectivity index (χ1) is 13.0. The third-order valence-electron chi connectivity index (χ3n) is 4.49. The van der Waals surface area contributed by atoms with Gasteiger partial charge in [0.15, 0.2) is 0 Å². The molecular weight excluding hydrogens is 412 g/mol. The highest BCUT2D eigenvalue weighted by atomic mass is 79.9. The van der Waals surface area contributed by atoms with Crippen LogP contribution in [0.4, 0.5) is 0 Å². The Bertz CT molecular complexity index is 938. The Labute approximate surface area is 166 Å². The number of fused-ring (bicyclic) bond motifs is 1. The zero-order valence-corrected chi connectivity index (χ0v) is 17.2. The predicted octanol–water partition coefficient (Wildman–Crippen LogP) is 4.72. The monoisotopic (exact) mass is 432 g/mol. The summed E-state index contributed by atoms with van der Waals surface area (Å²) in [5.41, 5.74) is 1.37. The first-order valence-electron chi connectivity index (χ1n) is 8.28. The topological polar surface area (TPSA) is 57.2 Å². The molecule has 0 aliphatic heterocycles. The number of ether oxygens (including phenoxy) is 4. The lowest BCUT2D eigenvalue weighted by Gasteiger charge is -2.19. The van der Waals surface area contributed by atoms with Crippen molar-refractivity contribution in [3.05, 3.63) is 58.1 Å². The standard InChI is InChI=1S/C21H21BrO5/c1-24-13-9-12(10-14(11-13)25-2)21(23)15-5-7-17(26-3)20-18(27-4)8-6-16(22)19(15)20/h5-11,21,23H,1-4H3. The van der Waals surface area contributed by atoms with Gasteiger partial charge in [-0.15, -0.1) is 0 Å². The van der Waals surface area contributed by atoms with Gasteiger partial charge in [0.25, 0.3) is 0 Å². The highest BCUT2D eigenvalue weighted by molar-refractivity contribution is 9.10. The molecule has 27 heavy (non-hydrogen) atoms. The molecule has 1 atom stereocenters. The van der Waals surface area contributed by atoms with Crippen molar-refractivity contribution in [3.63, 3.8) is 0 Å². The minimum absolute atomic E-state index is 0.609. The molecule has 0 heterocycles. The van der Waals surface area contributed by atoms with Crippen LogP contribution < -0.4 is 18.9 Å². The summed E-state index contributed by atoms with van der Waals surface area (Å²) in [6, 6.07) is 12.8. The lowest BCUT2D eigenvalue weighted by Crippen LogP contribution is -2.03. The largest absolute Gasteiger partial charge is 0.497 e. The molecule has 1 unspecified atom stereocenters. The smallest absolute Gasteiger partial charge is 0.130 e. The van der Waals surface area contributed by atoms with Crippen LogP contribution in [0.5, 0.6) is 23.0 Å². The second kappa shape index (κ2) is 8.06. The summed E-state index contributed by atoms with van der Waals surface area (Å²) in [6.45, 7) is 0. The fraction of sp³-hybridized carbons (Fsp3) is 0.238. The highest BCUT2D eigenvalue weighted by Crippen LogP contribution is 2.43. The summed E-state index contributed by atoms with van der Waals surface area (Å²) >= 11 is 3.60. The maximum Gasteiger partial charge on any atom is 0.130 e. The molecule has 0 radical (unpaired) electrons. The number of rotatable bonds is 6. The molecule has 0 saturated carbocycles. The lowest BCUT2D eigenvalue weighted by atomic mass is 9.94. The van der Waals surface area contributed by atoms with Crippen molar-refractivity contribution in [2.75, 3.05) is 28.4 Å². The van der Waals surface area contributed by atoms with Gasteiger partial charge in [0, 0.05) is 15.9 Å². The van der Waals surface area contributed by atoms with Gasteiger partial charge in [-0.25, -0.2) is 0 Å². The molecule has 0 fully saturated rings. The van der Waals surface area contributed by atoms with E-state index in [-0.39, 0.29) is 0 Å². The molecule has 142 valence electrons. The molecule has 0 spiro atoms. The van der Waals surface area contributed by atoms with E-state index in [2.05, 4.69) is 15.9 Å². The Kier molecular flexibility index (Phi) is 5.77. The third kappa shape index (κ3) is 3.55. The number of methoxy groups -OCH3 is 4. The van der Waals surface area contributed by atoms with Crippen molar-refractivity contribution in [2.45, 2.75) is 6.10 Å². The second-order valence-corrected chi connectivity index (χ2v) is 6.76. The molecule has 3 aromatic rings. The van der Waals surface area contributed by atoms with Gasteiger partial charge in [-0.1, -0.05) is 22.0 Å². The van der Waals surface area contributed by atoms with Gasteiger partial charge in [-0.2, -0.15) is 0 Å². The van der Waals surface area contributed by atoms with Crippen molar-refractivity contribution in [2.24, 2.45) is 0 Å². The third-order valence-corrected chi connectivity index (χ3v) is 5.15. The average molecular weight is 433 g/mol. The van der Waals surface area contributed by atoms with E-state index < -0.39 is 6.10 Å². The summed E-state index contributed by atoms with van der Waals surface area (Å²) in [5.74, 6) is 2.56. The first kappa shape index (κ1) is 19.3. The van der Waals surface area contributed by atoms with Crippen LogP contribution >= 0.6 is 15.9 Å². The van der Waals surface area contributed by atoms with Gasteiger partial charge >= 0.3 is 0 Å². The molecule has 0 aromatic heterocycles. The van der Waals surface area contributed by atoms with Crippen molar-refractivity contribution in [1.29, 1.82) is 0 Å². The molecule has 5 nitrogen and oxygen atoms in total. The Balaban J connectivity index is 2.26. The maximum absolute atomic E-state index is 11.2. The molecule has 0 saturated heterocycles. The number of halogens is 1. The lowest BCUT2D eigenvalue weighted by molar-refractivity contribution is 0.220. The van der Waals surface area contributed by atoms with Crippen LogP contribution in [0.3, 0.4) is 0 Å². The minimum atomic E-state index is -0.897. The SMILES string of the molecule is COc1cc(OC)cc(C(O)c2ccc(OC)c3c(OC)ccc(Br)c23)c1. The molecular formula is C21H21BrO5. The summed E-state index contributed by atoms with van der Waals surface area (Å²) in [4.78, 5) is 0. The number of aliphatic hydroxyl groups excluding tert-OH is 1. The number of hydrogen-bond donors (Lipinski definition) is 1. The Morgan fingerprint density at radius 1 is 0.741 bits per heavy atom. The fourth-order valence-corrected chi connectivity index (χ4v) is 3.71. The van der Waals surface area contributed by atoms with E-state index in [0.29, 0.717) is 34.1 Å². The van der Waals surface area contributed by atoms with E-state index in [4.69, 9.17) is 18.9 Å². The van der Waals surface area contributed by atoms with E-state index in [0.717, 1.165) is 15.2 Å². The zero-order chi connectivity index (χ0) is 19.6. The van der Waals surface area contributed by atoms with Crippen molar-refractivity contribution >= 4 is 26.7 Å². The Morgan fingerprint density at radius 2 is 1.30 bits per heavy atom. The second-order valence-electron chi connectivity index (χ2n) is 5.91. The zero-order valence-electron chi connectivity index (χ0n) is 15.6. The normalized spacial score (nSPS) is 11.9. The molecule has 0 bridgehead atoms. The van der Waals surface area contributed by atoms with Crippen LogP contribution in [0.2, 0.25) is 0 Å². The molecule has 3 aromatic carbocycles. The van der Waals surface area contributed by atoms with Crippen LogP contribution in [0.25, 0.3) is 10.8 Å². The maximum atomic E-state index is 11.2. The van der Waals surface area contributed by atoms with Crippen LogP contribution in [0.15, 0.2) is 46.9 Å². The molecule has 1 N–H and O–H groups in total. The van der Waals surface area contributed by atoms with Gasteiger partial charge in [0.05, 0.1) is 33.8 Å². The Hall–Kier alpha value is -2.44. The van der Waals surface area contributed by atoms with E-state index in [1.165, 1.54) is 0 Å². The quantitative estimate of drug-likeness (QED) is 0.610. The minimum Gasteiger partial charge on any atom is -0.497 e. The van der Waals surface area contributed by atoms with E-state index in [1.807, 2.05) is 24.3 Å². The van der Waals surface area contributed by atoms with Gasteiger partial charge in [0.2, 0.25) is 0 Å². The first-order valence-corrected chi connectivity index (χ1v) is 9.07. The van der Waals surface area contributed by atoms with Crippen molar-refractivity contribution in [3.8, 4) is 23.0 Å². The fourth-order valence-electron chi connectivity index (χ4n) is 3.15. The van der Waals surface area contributed by atoms with Gasteiger partial charge in [-0.3, -0.25) is 0 Å². The summed E-state index contributed by atoms with van der Waals surface area (Å²) in [5, 5.41) is 12.8. The van der Waals surface area contributed by atoms with E-state index >= 15 is 0 Å². The van der Waals surface area contributed by atoms with Crippen LogP contribution in [-0.4, -0.2) is 33.5 Å².